The first-order chi connectivity index (χ1) is 10.6. The van der Waals surface area contributed by atoms with Crippen molar-refractivity contribution in [2.24, 2.45) is 0 Å². The van der Waals surface area contributed by atoms with E-state index >= 15 is 0 Å². The molecule has 7 heteroatoms. The van der Waals surface area contributed by atoms with Crippen LogP contribution in [0.1, 0.15) is 32.6 Å². The van der Waals surface area contributed by atoms with Gasteiger partial charge >= 0.3 is 5.97 Å². The van der Waals surface area contributed by atoms with E-state index in [1.165, 1.54) is 4.68 Å². The van der Waals surface area contributed by atoms with Crippen LogP contribution in [0.2, 0.25) is 0 Å². The summed E-state index contributed by atoms with van der Waals surface area (Å²) >= 11 is 1.57. The van der Waals surface area contributed by atoms with Gasteiger partial charge in [0, 0.05) is 11.8 Å². The lowest BCUT2D eigenvalue weighted by Crippen LogP contribution is -2.33. The third-order valence-corrected chi connectivity index (χ3v) is 4.54. The first-order valence-electron chi connectivity index (χ1n) is 7.25. The number of fused-ring (bicyclic) bond motifs is 3. The van der Waals surface area contributed by atoms with Crippen LogP contribution in [0, 0.1) is 0 Å². The van der Waals surface area contributed by atoms with E-state index in [0.29, 0.717) is 11.9 Å². The van der Waals surface area contributed by atoms with E-state index in [9.17, 15) is 9.59 Å². The molecule has 0 amide bonds. The Morgan fingerprint density at radius 1 is 1.45 bits per heavy atom. The van der Waals surface area contributed by atoms with Gasteiger partial charge in [-0.25, -0.2) is 9.48 Å². The second-order valence-corrected chi connectivity index (χ2v) is 5.89. The summed E-state index contributed by atoms with van der Waals surface area (Å²) in [5.41, 5.74) is 0.269. The lowest BCUT2D eigenvalue weighted by molar-refractivity contribution is -0.147. The van der Waals surface area contributed by atoms with Crippen LogP contribution in [0.5, 0.6) is 0 Å². The van der Waals surface area contributed by atoms with Crippen LogP contribution in [-0.4, -0.2) is 26.8 Å². The number of carbonyl (C=O) groups excluding carboxylic acids is 1. The molecule has 0 aliphatic rings. The van der Waals surface area contributed by atoms with Gasteiger partial charge in [-0.05, 0) is 31.4 Å². The van der Waals surface area contributed by atoms with Crippen LogP contribution >= 0.6 is 11.3 Å². The maximum atomic E-state index is 12.7. The van der Waals surface area contributed by atoms with Crippen molar-refractivity contribution in [1.29, 1.82) is 0 Å². The Labute approximate surface area is 130 Å². The second-order valence-electron chi connectivity index (χ2n) is 4.99. The van der Waals surface area contributed by atoms with Gasteiger partial charge in [0.05, 0.1) is 6.61 Å². The smallest absolute Gasteiger partial charge is 0.330 e. The van der Waals surface area contributed by atoms with Gasteiger partial charge < -0.3 is 4.74 Å². The molecule has 0 spiro atoms. The number of aryl methyl sites for hydroxylation is 1. The predicted octanol–water partition coefficient (Wildman–Crippen LogP) is 2.40. The average Bonchev–Trinajstić information content (AvgIpc) is 3.09. The van der Waals surface area contributed by atoms with E-state index < -0.39 is 12.0 Å². The lowest BCUT2D eigenvalue weighted by Gasteiger charge is -2.14. The number of carbonyl (C=O) groups is 1. The van der Waals surface area contributed by atoms with Crippen molar-refractivity contribution in [3.63, 3.8) is 0 Å². The highest BCUT2D eigenvalue weighted by molar-refractivity contribution is 7.16. The van der Waals surface area contributed by atoms with E-state index in [-0.39, 0.29) is 12.2 Å². The fourth-order valence-electron chi connectivity index (χ4n) is 2.52. The van der Waals surface area contributed by atoms with E-state index in [0.717, 1.165) is 16.0 Å². The molecule has 0 aliphatic carbocycles. The van der Waals surface area contributed by atoms with Gasteiger partial charge in [0.25, 0.3) is 5.56 Å². The van der Waals surface area contributed by atoms with Crippen molar-refractivity contribution < 1.29 is 9.53 Å². The average molecular weight is 319 g/mol. The minimum atomic E-state index is -0.740. The van der Waals surface area contributed by atoms with Gasteiger partial charge in [0.15, 0.2) is 6.04 Å². The quantitative estimate of drug-likeness (QED) is 0.693. The molecule has 3 aromatic rings. The number of ether oxygens (including phenoxy) is 1. The van der Waals surface area contributed by atoms with Crippen LogP contribution in [-0.2, 0) is 16.0 Å². The standard InChI is InChI=1S/C15H17N3O3S/c1-4-12-16-18(9(3)15(20)21-5-2)13(19)11-8-10-6-7-22-14(10)17(11)12/h6-9H,4-5H2,1-3H3/t9-/m1/s1. The fraction of sp³-hybridized carbons (Fsp3) is 0.400. The molecule has 0 aliphatic heterocycles. The number of aromatic nitrogens is 3. The SMILES string of the molecule is CCOC(=O)[C@@H](C)n1nc(CC)n2c(cc3ccsc32)c1=O. The normalized spacial score (nSPS) is 12.9. The zero-order valence-corrected chi connectivity index (χ0v) is 13.5. The van der Waals surface area contributed by atoms with E-state index in [1.807, 2.05) is 28.8 Å². The highest BCUT2D eigenvalue weighted by Gasteiger charge is 2.22. The zero-order valence-electron chi connectivity index (χ0n) is 12.7. The minimum absolute atomic E-state index is 0.277. The summed E-state index contributed by atoms with van der Waals surface area (Å²) in [5, 5.41) is 7.40. The molecule has 0 unspecified atom stereocenters. The maximum absolute atomic E-state index is 12.7. The third-order valence-electron chi connectivity index (χ3n) is 3.63. The Morgan fingerprint density at radius 2 is 2.23 bits per heavy atom. The molecule has 3 heterocycles. The van der Waals surface area contributed by atoms with E-state index in [4.69, 9.17) is 4.74 Å². The van der Waals surface area contributed by atoms with Gasteiger partial charge in [-0.1, -0.05) is 6.92 Å². The third kappa shape index (κ3) is 2.12. The molecule has 0 aromatic carbocycles. The van der Waals surface area contributed by atoms with Crippen molar-refractivity contribution in [2.45, 2.75) is 33.2 Å². The van der Waals surface area contributed by atoms with Gasteiger partial charge in [-0.2, -0.15) is 5.10 Å². The molecule has 22 heavy (non-hydrogen) atoms. The second kappa shape index (κ2) is 5.57. The maximum Gasteiger partial charge on any atom is 0.330 e. The topological polar surface area (TPSA) is 65.6 Å². The highest BCUT2D eigenvalue weighted by atomic mass is 32.1. The number of esters is 1. The number of hydrogen-bond acceptors (Lipinski definition) is 5. The van der Waals surface area contributed by atoms with Crippen molar-refractivity contribution in [1.82, 2.24) is 14.2 Å². The van der Waals surface area contributed by atoms with Crippen LogP contribution in [0.4, 0.5) is 0 Å². The van der Waals surface area contributed by atoms with Crippen molar-refractivity contribution in [3.8, 4) is 0 Å². The Bertz CT molecular complexity index is 906. The van der Waals surface area contributed by atoms with E-state index in [1.54, 1.807) is 25.2 Å². The molecule has 6 nitrogen and oxygen atoms in total. The molecule has 0 saturated heterocycles. The fourth-order valence-corrected chi connectivity index (χ4v) is 3.44. The molecule has 1 atom stereocenters. The number of hydrogen-bond donors (Lipinski definition) is 0. The van der Waals surface area contributed by atoms with Crippen molar-refractivity contribution in [2.75, 3.05) is 6.61 Å². The summed E-state index contributed by atoms with van der Waals surface area (Å²) in [4.78, 5) is 25.6. The highest BCUT2D eigenvalue weighted by Crippen LogP contribution is 2.25. The van der Waals surface area contributed by atoms with Crippen LogP contribution in [0.15, 0.2) is 22.3 Å². The number of nitrogens with zero attached hydrogens (tertiary/aromatic N) is 3. The van der Waals surface area contributed by atoms with Crippen molar-refractivity contribution in [3.05, 3.63) is 33.7 Å². The summed E-state index contributed by atoms with van der Waals surface area (Å²) in [7, 11) is 0. The Morgan fingerprint density at radius 3 is 2.91 bits per heavy atom. The molecule has 3 aromatic heterocycles. The van der Waals surface area contributed by atoms with E-state index in [2.05, 4.69) is 5.10 Å². The van der Waals surface area contributed by atoms with Gasteiger partial charge in [0.1, 0.15) is 16.2 Å². The number of thiophene rings is 1. The first kappa shape index (κ1) is 14.8. The molecule has 3 rings (SSSR count). The molecular formula is C15H17N3O3S. The summed E-state index contributed by atoms with van der Waals surface area (Å²) in [5.74, 6) is 0.306. The van der Waals surface area contributed by atoms with Crippen LogP contribution in [0.25, 0.3) is 15.7 Å². The first-order valence-corrected chi connectivity index (χ1v) is 8.13. The summed E-state index contributed by atoms with van der Waals surface area (Å²) in [6, 6.07) is 3.09. The molecular weight excluding hydrogens is 302 g/mol. The van der Waals surface area contributed by atoms with Crippen LogP contribution in [0.3, 0.4) is 0 Å². The molecule has 0 fully saturated rings. The number of rotatable bonds is 4. The zero-order chi connectivity index (χ0) is 15.9. The van der Waals surface area contributed by atoms with Gasteiger partial charge in [0.2, 0.25) is 0 Å². The largest absolute Gasteiger partial charge is 0.464 e. The molecule has 0 saturated carbocycles. The Balaban J connectivity index is 2.26. The van der Waals surface area contributed by atoms with Crippen LogP contribution < -0.4 is 5.56 Å². The Kier molecular flexibility index (Phi) is 3.74. The lowest BCUT2D eigenvalue weighted by atomic mass is 10.3. The summed E-state index contributed by atoms with van der Waals surface area (Å²) < 4.78 is 8.12. The van der Waals surface area contributed by atoms with Crippen molar-refractivity contribution >= 4 is 33.0 Å². The summed E-state index contributed by atoms with van der Waals surface area (Å²) in [6.07, 6.45) is 0.661. The Hall–Kier alpha value is -2.15. The predicted molar refractivity (Wildman–Crippen MR) is 85.6 cm³/mol. The molecule has 0 bridgehead atoms. The van der Waals surface area contributed by atoms with Gasteiger partial charge in [-0.15, -0.1) is 11.3 Å². The van der Waals surface area contributed by atoms with Gasteiger partial charge in [-0.3, -0.25) is 9.20 Å². The summed E-state index contributed by atoms with van der Waals surface area (Å²) in [6.45, 7) is 5.63. The monoisotopic (exact) mass is 319 g/mol. The molecule has 116 valence electrons. The minimum Gasteiger partial charge on any atom is -0.464 e. The molecule has 0 N–H and O–H groups in total. The molecule has 0 radical (unpaired) electrons.